The average molecular weight is 1280 g/mol. The van der Waals surface area contributed by atoms with Crippen molar-refractivity contribution in [1.29, 1.82) is 0 Å². The summed E-state index contributed by atoms with van der Waals surface area (Å²) in [5.74, 6) is -20.7. The van der Waals surface area contributed by atoms with Crippen LogP contribution < -0.4 is 0 Å². The van der Waals surface area contributed by atoms with E-state index in [4.69, 9.17) is 75.8 Å². The van der Waals surface area contributed by atoms with Crippen LogP contribution in [0.3, 0.4) is 0 Å². The molecule has 2 aromatic heterocycles. The maximum Gasteiger partial charge on any atom is 0.380 e. The van der Waals surface area contributed by atoms with Gasteiger partial charge in [0.15, 0.2) is 0 Å². The van der Waals surface area contributed by atoms with Crippen molar-refractivity contribution in [3.05, 3.63) is 91.7 Å². The molecule has 0 unspecified atom stereocenters. The lowest BCUT2D eigenvalue weighted by Gasteiger charge is -2.25. The number of hydrogen-bond donors (Lipinski definition) is 0. The molecule has 87 heavy (non-hydrogen) atoms. The van der Waals surface area contributed by atoms with Crippen LogP contribution in [0.15, 0.2) is 48.5 Å². The quantitative estimate of drug-likeness (QED) is 0.0175. The Morgan fingerprint density at radius 3 is 0.782 bits per heavy atom. The summed E-state index contributed by atoms with van der Waals surface area (Å²) in [4.78, 5) is 52.9. The molecule has 1 aliphatic carbocycles. The normalized spacial score (nSPS) is 14.2. The molecule has 0 aliphatic heterocycles. The smallest absolute Gasteiger partial charge is 0.380 e. The fourth-order valence-electron chi connectivity index (χ4n) is 8.06. The number of thiophene rings is 2. The number of esters is 4. The van der Waals surface area contributed by atoms with Crippen LogP contribution in [0.5, 0.6) is 0 Å². The van der Waals surface area contributed by atoms with Crippen molar-refractivity contribution in [2.45, 2.75) is 31.6 Å². The van der Waals surface area contributed by atoms with E-state index in [0.717, 1.165) is 0 Å². The number of methoxy groups -OCH3 is 4. The maximum atomic E-state index is 16.6. The third-order valence-corrected chi connectivity index (χ3v) is 15.0. The van der Waals surface area contributed by atoms with Gasteiger partial charge in [-0.25, -0.2) is 19.2 Å². The number of allylic oxidation sites excluding steroid dienone is 2. The Bertz CT molecular complexity index is 2540. The standard InChI is InChI=1S/C59H74F6O20S2/c1-39-31-47(41-33-43(53(66)82-27-23-78-19-15-74-11-7-70-3)37-44(34-41)54(67)83-28-24-79-20-16-75-12-8-71-4)86-51(39)49-50(58(62,63)59(64,65)57(49,60)61)52-40(2)32-48(87-52)42-35-45(55(68)84-29-25-80-21-17-76-13-9-72-5)38-46(36-42)56(69)85-30-26-81-22-18-77-14-10-73-6/h31-38H,7-30H2,1-6H3. The summed E-state index contributed by atoms with van der Waals surface area (Å²) in [6.45, 7) is 5.87. The number of benzene rings is 2. The zero-order valence-corrected chi connectivity index (χ0v) is 51.0. The molecule has 0 bridgehead atoms. The highest BCUT2D eigenvalue weighted by atomic mass is 32.1. The molecule has 0 saturated heterocycles. The van der Waals surface area contributed by atoms with Gasteiger partial charge < -0.3 is 75.8 Å². The second-order valence-corrected chi connectivity index (χ2v) is 20.8. The highest BCUT2D eigenvalue weighted by Gasteiger charge is 2.80. The van der Waals surface area contributed by atoms with Gasteiger partial charge in [-0.2, -0.15) is 26.3 Å². The predicted molar refractivity (Wildman–Crippen MR) is 306 cm³/mol. The molecule has 20 nitrogen and oxygen atoms in total. The molecule has 0 fully saturated rings. The lowest BCUT2D eigenvalue weighted by atomic mass is 10.00. The van der Waals surface area contributed by atoms with E-state index in [1.165, 1.54) is 90.8 Å². The van der Waals surface area contributed by atoms with Crippen molar-refractivity contribution in [1.82, 2.24) is 0 Å². The van der Waals surface area contributed by atoms with E-state index in [0.29, 0.717) is 75.5 Å². The third kappa shape index (κ3) is 21.4. The van der Waals surface area contributed by atoms with Gasteiger partial charge in [0.05, 0.1) is 166 Å². The number of hydrogen-bond acceptors (Lipinski definition) is 22. The summed E-state index contributed by atoms with van der Waals surface area (Å²) in [5.41, 5.74) is -4.43. The van der Waals surface area contributed by atoms with E-state index >= 15 is 26.3 Å². The summed E-state index contributed by atoms with van der Waals surface area (Å²) in [6.07, 6.45) is 0. The van der Waals surface area contributed by atoms with Crippen molar-refractivity contribution in [2.24, 2.45) is 0 Å². The minimum atomic E-state index is -5.97. The van der Waals surface area contributed by atoms with E-state index in [1.807, 2.05) is 0 Å². The first-order valence-corrected chi connectivity index (χ1v) is 29.1. The van der Waals surface area contributed by atoms with Crippen LogP contribution in [0.2, 0.25) is 0 Å². The lowest BCUT2D eigenvalue weighted by Crippen LogP contribution is -2.48. The summed E-state index contributed by atoms with van der Waals surface area (Å²) >= 11 is 0.886. The first-order valence-electron chi connectivity index (χ1n) is 27.5. The number of rotatable bonds is 44. The van der Waals surface area contributed by atoms with Crippen LogP contribution >= 0.6 is 22.7 Å². The molecule has 484 valence electrons. The van der Waals surface area contributed by atoms with Crippen LogP contribution in [0.25, 0.3) is 32.0 Å². The van der Waals surface area contributed by atoms with Crippen LogP contribution in [0, 0.1) is 13.8 Å². The molecular weight excluding hydrogens is 1210 g/mol. The maximum absolute atomic E-state index is 16.6. The Morgan fingerprint density at radius 2 is 0.552 bits per heavy atom. The third-order valence-electron chi connectivity index (χ3n) is 12.4. The van der Waals surface area contributed by atoms with Gasteiger partial charge in [0, 0.05) is 47.9 Å². The van der Waals surface area contributed by atoms with E-state index < -0.39 is 62.5 Å². The van der Waals surface area contributed by atoms with Gasteiger partial charge >= 0.3 is 41.6 Å². The number of alkyl halides is 6. The number of carbonyl (C=O) groups excluding carboxylic acids is 4. The molecular formula is C59H74F6O20S2. The average Bonchev–Trinajstić information content (AvgIpc) is 1.53. The molecule has 0 atom stereocenters. The summed E-state index contributed by atoms with van der Waals surface area (Å²) in [7, 11) is 6.10. The SMILES string of the molecule is COCCOCCOCCOC(=O)c1cc(C(=O)OCCOCCOCCOC)cc(-c2cc(C)c(C3=C(c4sc(-c5cc(C(=O)OCCOCCOCCOC)cc(C(=O)OCCOCCOCCOC)c5)cc4C)C(F)(F)C(F)(F)C3(F)F)s2)c1. The highest BCUT2D eigenvalue weighted by Crippen LogP contribution is 2.67. The molecule has 0 radical (unpaired) electrons. The molecule has 0 spiro atoms. The van der Waals surface area contributed by atoms with E-state index in [9.17, 15) is 19.2 Å². The second-order valence-electron chi connectivity index (χ2n) is 18.7. The fraction of sp³-hybridized carbons (Fsp3) is 0.559. The van der Waals surface area contributed by atoms with Gasteiger partial charge in [-0.3, -0.25) is 0 Å². The fourth-order valence-corrected chi connectivity index (χ4v) is 10.5. The van der Waals surface area contributed by atoms with Crippen LogP contribution in [0.4, 0.5) is 26.3 Å². The van der Waals surface area contributed by atoms with Gasteiger partial charge in [-0.1, -0.05) is 0 Å². The topological polar surface area (TPSA) is 216 Å². The number of ether oxygens (including phenoxy) is 16. The predicted octanol–water partition coefficient (Wildman–Crippen LogP) is 8.94. The Labute approximate surface area is 508 Å². The zero-order chi connectivity index (χ0) is 63.2. The number of aryl methyl sites for hydroxylation is 2. The lowest BCUT2D eigenvalue weighted by molar-refractivity contribution is -0.254. The summed E-state index contributed by atoms with van der Waals surface area (Å²) in [6, 6.07) is 9.90. The van der Waals surface area contributed by atoms with Crippen LogP contribution in [-0.4, -0.2) is 229 Å². The van der Waals surface area contributed by atoms with Gasteiger partial charge in [0.25, 0.3) is 0 Å². The summed E-state index contributed by atoms with van der Waals surface area (Å²) < 4.78 is 183. The van der Waals surface area contributed by atoms with Crippen LogP contribution in [-0.2, 0) is 75.8 Å². The molecule has 2 aromatic carbocycles. The van der Waals surface area contributed by atoms with Gasteiger partial charge in [0.2, 0.25) is 0 Å². The molecule has 4 aromatic rings. The van der Waals surface area contributed by atoms with E-state index in [1.54, 1.807) is 0 Å². The largest absolute Gasteiger partial charge is 0.460 e. The minimum absolute atomic E-state index is 0.00440. The van der Waals surface area contributed by atoms with E-state index in [2.05, 4.69) is 0 Å². The van der Waals surface area contributed by atoms with Crippen molar-refractivity contribution in [3.63, 3.8) is 0 Å². The second kappa shape index (κ2) is 37.5. The minimum Gasteiger partial charge on any atom is -0.460 e. The molecule has 0 N–H and O–H groups in total. The molecule has 0 amide bonds. The first kappa shape index (κ1) is 72.3. The van der Waals surface area contributed by atoms with Crippen LogP contribution in [0.1, 0.15) is 62.3 Å². The first-order chi connectivity index (χ1) is 41.8. The van der Waals surface area contributed by atoms with Gasteiger partial charge in [-0.05, 0) is 84.6 Å². The summed E-state index contributed by atoms with van der Waals surface area (Å²) in [5, 5.41) is 0. The molecule has 0 saturated carbocycles. The Kier molecular flexibility index (Phi) is 31.2. The Balaban J connectivity index is 1.49. The zero-order valence-electron chi connectivity index (χ0n) is 49.3. The Hall–Kier alpha value is -5.44. The van der Waals surface area contributed by atoms with Gasteiger partial charge in [0.1, 0.15) is 26.4 Å². The van der Waals surface area contributed by atoms with Crippen molar-refractivity contribution in [2.75, 3.05) is 187 Å². The number of carbonyl (C=O) groups is 4. The monoisotopic (exact) mass is 1280 g/mol. The molecule has 5 rings (SSSR count). The van der Waals surface area contributed by atoms with E-state index in [-0.39, 0.29) is 160 Å². The van der Waals surface area contributed by atoms with Crippen molar-refractivity contribution < 1.29 is 121 Å². The van der Waals surface area contributed by atoms with Crippen molar-refractivity contribution in [3.8, 4) is 20.9 Å². The highest BCUT2D eigenvalue weighted by molar-refractivity contribution is 7.18. The molecule has 1 aliphatic rings. The Morgan fingerprint density at radius 1 is 0.333 bits per heavy atom. The van der Waals surface area contributed by atoms with Gasteiger partial charge in [-0.15, -0.1) is 22.7 Å². The number of halogens is 6. The van der Waals surface area contributed by atoms with Crippen molar-refractivity contribution >= 4 is 57.7 Å². The molecule has 28 heteroatoms. The molecule has 2 heterocycles.